The van der Waals surface area contributed by atoms with Gasteiger partial charge in [-0.05, 0) is 42.7 Å². The van der Waals surface area contributed by atoms with E-state index in [0.717, 1.165) is 37.1 Å². The summed E-state index contributed by atoms with van der Waals surface area (Å²) < 4.78 is 35.1. The van der Waals surface area contributed by atoms with E-state index >= 15 is 0 Å². The molecule has 154 valence electrons. The van der Waals surface area contributed by atoms with Gasteiger partial charge in [0.1, 0.15) is 5.69 Å². The van der Waals surface area contributed by atoms with Crippen molar-refractivity contribution in [1.82, 2.24) is 0 Å². The van der Waals surface area contributed by atoms with Crippen LogP contribution in [0.4, 0.5) is 11.4 Å². The van der Waals surface area contributed by atoms with Crippen LogP contribution < -0.4 is 14.4 Å². The second-order valence-corrected chi connectivity index (χ2v) is 9.30. The molecule has 8 nitrogen and oxygen atoms in total. The molecule has 0 saturated carbocycles. The van der Waals surface area contributed by atoms with E-state index in [9.17, 15) is 18.5 Å². The van der Waals surface area contributed by atoms with Crippen molar-refractivity contribution in [2.24, 2.45) is 0 Å². The summed E-state index contributed by atoms with van der Waals surface area (Å²) in [6, 6.07) is 9.85. The highest BCUT2D eigenvalue weighted by molar-refractivity contribution is 7.90. The first-order chi connectivity index (χ1) is 13.8. The number of nitro groups is 1. The van der Waals surface area contributed by atoms with E-state index in [1.807, 2.05) is 23.1 Å². The minimum Gasteiger partial charge on any atom is -0.490 e. The second kappa shape index (κ2) is 7.55. The van der Waals surface area contributed by atoms with Gasteiger partial charge in [0.25, 0.3) is 5.69 Å². The summed E-state index contributed by atoms with van der Waals surface area (Å²) in [6.07, 6.45) is 3.58. The van der Waals surface area contributed by atoms with Gasteiger partial charge in [-0.15, -0.1) is 0 Å². The standard InChI is InChI=1S/C20H22N2O6S/c1-29(25,26)15-6-7-17(18(13-15)22(23)24)21-9-2-4-16(21)14-5-8-19-20(12-14)28-11-3-10-27-19/h5-8,12-13,16H,2-4,9-11H2,1H3/t16-/m0/s1. The predicted octanol–water partition coefficient (Wildman–Crippen LogP) is 3.50. The Morgan fingerprint density at radius 1 is 1.07 bits per heavy atom. The Morgan fingerprint density at radius 2 is 1.83 bits per heavy atom. The third kappa shape index (κ3) is 3.87. The third-order valence-corrected chi connectivity index (χ3v) is 6.40. The maximum absolute atomic E-state index is 11.8. The van der Waals surface area contributed by atoms with Crippen molar-refractivity contribution in [1.29, 1.82) is 0 Å². The molecular weight excluding hydrogens is 396 g/mol. The molecule has 0 bridgehead atoms. The van der Waals surface area contributed by atoms with Crippen LogP contribution in [0.25, 0.3) is 0 Å². The summed E-state index contributed by atoms with van der Waals surface area (Å²) in [6.45, 7) is 1.85. The molecular formula is C20H22N2O6S. The van der Waals surface area contributed by atoms with E-state index in [-0.39, 0.29) is 16.6 Å². The number of hydrogen-bond acceptors (Lipinski definition) is 7. The molecule has 1 atom stereocenters. The lowest BCUT2D eigenvalue weighted by atomic mass is 10.0. The number of nitrogens with zero attached hydrogens (tertiary/aromatic N) is 2. The van der Waals surface area contributed by atoms with Gasteiger partial charge in [0.15, 0.2) is 21.3 Å². The molecule has 9 heteroatoms. The topological polar surface area (TPSA) is 99.0 Å². The molecule has 0 radical (unpaired) electrons. The van der Waals surface area contributed by atoms with Gasteiger partial charge in [-0.25, -0.2) is 8.42 Å². The molecule has 4 rings (SSSR count). The molecule has 2 aliphatic heterocycles. The zero-order valence-corrected chi connectivity index (χ0v) is 16.9. The summed E-state index contributed by atoms with van der Waals surface area (Å²) in [5.74, 6) is 1.40. The molecule has 0 aliphatic carbocycles. The number of benzene rings is 2. The first kappa shape index (κ1) is 19.5. The van der Waals surface area contributed by atoms with Crippen LogP contribution in [0.3, 0.4) is 0 Å². The highest BCUT2D eigenvalue weighted by Crippen LogP contribution is 2.43. The van der Waals surface area contributed by atoms with E-state index in [2.05, 4.69) is 0 Å². The molecule has 0 N–H and O–H groups in total. The average molecular weight is 418 g/mol. The maximum Gasteiger partial charge on any atom is 0.293 e. The highest BCUT2D eigenvalue weighted by atomic mass is 32.2. The van der Waals surface area contributed by atoms with Gasteiger partial charge in [0.05, 0.1) is 29.1 Å². The molecule has 29 heavy (non-hydrogen) atoms. The van der Waals surface area contributed by atoms with Gasteiger partial charge in [0.2, 0.25) is 0 Å². The summed E-state index contributed by atoms with van der Waals surface area (Å²) in [5.41, 5.74) is 1.22. The molecule has 2 heterocycles. The third-order valence-electron chi connectivity index (χ3n) is 5.29. The number of hydrogen-bond donors (Lipinski definition) is 0. The zero-order chi connectivity index (χ0) is 20.6. The van der Waals surface area contributed by atoms with Crippen LogP contribution in [0.5, 0.6) is 11.5 Å². The Bertz CT molecular complexity index is 1050. The van der Waals surface area contributed by atoms with Crippen LogP contribution in [-0.2, 0) is 9.84 Å². The summed E-state index contributed by atoms with van der Waals surface area (Å²) in [4.78, 5) is 13.1. The fraction of sp³-hybridized carbons (Fsp3) is 0.400. The lowest BCUT2D eigenvalue weighted by Gasteiger charge is -2.27. The summed E-state index contributed by atoms with van der Waals surface area (Å²) >= 11 is 0. The van der Waals surface area contributed by atoms with Gasteiger partial charge < -0.3 is 14.4 Å². The Morgan fingerprint density at radius 3 is 2.55 bits per heavy atom. The van der Waals surface area contributed by atoms with Crippen molar-refractivity contribution in [3.05, 3.63) is 52.1 Å². The van der Waals surface area contributed by atoms with Gasteiger partial charge in [-0.2, -0.15) is 0 Å². The van der Waals surface area contributed by atoms with E-state index in [0.29, 0.717) is 36.9 Å². The smallest absolute Gasteiger partial charge is 0.293 e. The van der Waals surface area contributed by atoms with Crippen molar-refractivity contribution >= 4 is 21.2 Å². The molecule has 2 aromatic carbocycles. The first-order valence-electron chi connectivity index (χ1n) is 9.49. The predicted molar refractivity (Wildman–Crippen MR) is 108 cm³/mol. The van der Waals surface area contributed by atoms with E-state index in [4.69, 9.17) is 9.47 Å². The first-order valence-corrected chi connectivity index (χ1v) is 11.4. The molecule has 1 saturated heterocycles. The van der Waals surface area contributed by atoms with Crippen LogP contribution in [0.1, 0.15) is 30.9 Å². The molecule has 1 fully saturated rings. The van der Waals surface area contributed by atoms with Crippen LogP contribution in [0.15, 0.2) is 41.3 Å². The molecule has 0 unspecified atom stereocenters. The maximum atomic E-state index is 11.8. The van der Waals surface area contributed by atoms with E-state index in [1.54, 1.807) is 0 Å². The summed E-state index contributed by atoms with van der Waals surface area (Å²) in [7, 11) is -3.53. The number of sulfone groups is 1. The quantitative estimate of drug-likeness (QED) is 0.553. The fourth-order valence-corrected chi connectivity index (χ4v) is 4.55. The number of anilines is 1. The molecule has 2 aliphatic rings. The second-order valence-electron chi connectivity index (χ2n) is 7.29. The lowest BCUT2D eigenvalue weighted by Crippen LogP contribution is -2.23. The Hall–Kier alpha value is -2.81. The van der Waals surface area contributed by atoms with E-state index in [1.165, 1.54) is 12.1 Å². The molecule has 0 amide bonds. The minimum atomic E-state index is -3.53. The minimum absolute atomic E-state index is 0.0562. The highest BCUT2D eigenvalue weighted by Gasteiger charge is 2.32. The van der Waals surface area contributed by atoms with Crippen molar-refractivity contribution in [3.8, 4) is 11.5 Å². The lowest BCUT2D eigenvalue weighted by molar-refractivity contribution is -0.384. The monoisotopic (exact) mass is 418 g/mol. The number of ether oxygens (including phenoxy) is 2. The molecule has 0 spiro atoms. The molecule has 2 aromatic rings. The van der Waals surface area contributed by atoms with Crippen LogP contribution in [0.2, 0.25) is 0 Å². The SMILES string of the molecule is CS(=O)(=O)c1ccc(N2CCC[C@H]2c2ccc3c(c2)OCCCO3)c([N+](=O)[O-])c1. The number of nitro benzene ring substituents is 1. The number of fused-ring (bicyclic) bond motifs is 1. The van der Waals surface area contributed by atoms with Crippen molar-refractivity contribution in [3.63, 3.8) is 0 Å². The van der Waals surface area contributed by atoms with Gasteiger partial charge in [0, 0.05) is 25.3 Å². The van der Waals surface area contributed by atoms with Crippen molar-refractivity contribution in [2.45, 2.75) is 30.2 Å². The fourth-order valence-electron chi connectivity index (χ4n) is 3.91. The summed E-state index contributed by atoms with van der Waals surface area (Å²) in [5, 5.41) is 11.7. The van der Waals surface area contributed by atoms with Gasteiger partial charge >= 0.3 is 0 Å². The largest absolute Gasteiger partial charge is 0.490 e. The zero-order valence-electron chi connectivity index (χ0n) is 16.0. The molecule has 0 aromatic heterocycles. The average Bonchev–Trinajstić information content (AvgIpc) is 3.05. The normalized spacial score (nSPS) is 19.1. The van der Waals surface area contributed by atoms with Gasteiger partial charge in [-0.1, -0.05) is 6.07 Å². The Balaban J connectivity index is 1.72. The Labute approximate surface area is 169 Å². The van der Waals surface area contributed by atoms with Gasteiger partial charge in [-0.3, -0.25) is 10.1 Å². The Kier molecular flexibility index (Phi) is 5.08. The number of rotatable bonds is 4. The van der Waals surface area contributed by atoms with Crippen LogP contribution in [-0.4, -0.2) is 39.4 Å². The van der Waals surface area contributed by atoms with Crippen LogP contribution >= 0.6 is 0 Å². The van der Waals surface area contributed by atoms with Crippen LogP contribution in [0, 0.1) is 10.1 Å². The van der Waals surface area contributed by atoms with E-state index < -0.39 is 14.8 Å². The van der Waals surface area contributed by atoms with Crippen molar-refractivity contribution < 1.29 is 22.8 Å². The van der Waals surface area contributed by atoms with Crippen molar-refractivity contribution in [2.75, 3.05) is 30.9 Å².